The van der Waals surface area contributed by atoms with E-state index < -0.39 is 0 Å². The summed E-state index contributed by atoms with van der Waals surface area (Å²) in [6.07, 6.45) is 2.88. The van der Waals surface area contributed by atoms with E-state index in [-0.39, 0.29) is 5.91 Å². The van der Waals surface area contributed by atoms with Crippen LogP contribution in [0.25, 0.3) is 0 Å². The highest BCUT2D eigenvalue weighted by Gasteiger charge is 2.37. The number of aryl methyl sites for hydroxylation is 1. The molecule has 2 atom stereocenters. The number of aromatic nitrogens is 1. The monoisotopic (exact) mass is 344 g/mol. The van der Waals surface area contributed by atoms with Crippen molar-refractivity contribution in [2.75, 3.05) is 25.5 Å². The van der Waals surface area contributed by atoms with E-state index in [1.165, 1.54) is 0 Å². The maximum Gasteiger partial charge on any atom is 0.270 e. The van der Waals surface area contributed by atoms with Crippen LogP contribution in [-0.2, 0) is 11.8 Å². The highest BCUT2D eigenvalue weighted by Crippen LogP contribution is 2.31. The van der Waals surface area contributed by atoms with Crippen molar-refractivity contribution in [3.05, 3.63) is 22.4 Å². The Labute approximate surface area is 125 Å². The maximum absolute atomic E-state index is 12.7. The van der Waals surface area contributed by atoms with Crippen molar-refractivity contribution in [2.45, 2.75) is 17.7 Å². The first-order chi connectivity index (χ1) is 9.16. The first kappa shape index (κ1) is 13.5. The third-order valence-electron chi connectivity index (χ3n) is 3.79. The Kier molecular flexibility index (Phi) is 3.91. The van der Waals surface area contributed by atoms with Crippen LogP contribution in [-0.4, -0.2) is 52.2 Å². The summed E-state index contributed by atoms with van der Waals surface area (Å²) in [5.74, 6) is 1.15. The number of thioether (sulfide) groups is 1. The second-order valence-corrected chi connectivity index (χ2v) is 7.26. The number of hydrogen-bond acceptors (Lipinski definition) is 3. The Morgan fingerprint density at radius 3 is 3.16 bits per heavy atom. The third kappa shape index (κ3) is 2.58. The molecule has 0 spiro atoms. The van der Waals surface area contributed by atoms with Crippen LogP contribution in [0.1, 0.15) is 16.9 Å². The topological polar surface area (TPSA) is 34.5 Å². The number of hydrogen-bond donors (Lipinski definition) is 0. The molecule has 0 unspecified atom stereocenters. The van der Waals surface area contributed by atoms with Gasteiger partial charge in [-0.05, 0) is 28.4 Å². The SMILES string of the molecule is Cn1cc(Br)cc1C(=O)N1CCS[C@@H]2COCC[C@H]21. The summed E-state index contributed by atoms with van der Waals surface area (Å²) in [5.41, 5.74) is 0.754. The van der Waals surface area contributed by atoms with Gasteiger partial charge in [-0.2, -0.15) is 11.8 Å². The zero-order chi connectivity index (χ0) is 13.4. The van der Waals surface area contributed by atoms with Crippen molar-refractivity contribution in [3.8, 4) is 0 Å². The Morgan fingerprint density at radius 2 is 2.42 bits per heavy atom. The summed E-state index contributed by atoms with van der Waals surface area (Å²) in [7, 11) is 1.91. The van der Waals surface area contributed by atoms with Gasteiger partial charge in [-0.25, -0.2) is 0 Å². The fourth-order valence-electron chi connectivity index (χ4n) is 2.82. The predicted molar refractivity (Wildman–Crippen MR) is 79.6 cm³/mol. The molecule has 1 amide bonds. The van der Waals surface area contributed by atoms with E-state index in [4.69, 9.17) is 4.74 Å². The van der Waals surface area contributed by atoms with Gasteiger partial charge in [0.25, 0.3) is 5.91 Å². The molecule has 0 aromatic carbocycles. The average molecular weight is 345 g/mol. The molecule has 2 fully saturated rings. The molecular weight excluding hydrogens is 328 g/mol. The van der Waals surface area contributed by atoms with Crippen molar-refractivity contribution < 1.29 is 9.53 Å². The van der Waals surface area contributed by atoms with Gasteiger partial charge < -0.3 is 14.2 Å². The fourth-order valence-corrected chi connectivity index (χ4v) is 4.65. The predicted octanol–water partition coefficient (Wildman–Crippen LogP) is 2.13. The summed E-state index contributed by atoms with van der Waals surface area (Å²) in [6.45, 7) is 2.38. The minimum Gasteiger partial charge on any atom is -0.380 e. The third-order valence-corrected chi connectivity index (χ3v) is 5.52. The molecule has 1 aromatic heterocycles. The Morgan fingerprint density at radius 1 is 1.58 bits per heavy atom. The molecule has 0 N–H and O–H groups in total. The molecule has 0 radical (unpaired) electrons. The molecule has 19 heavy (non-hydrogen) atoms. The lowest BCUT2D eigenvalue weighted by atomic mass is 10.1. The molecule has 0 bridgehead atoms. The van der Waals surface area contributed by atoms with Crippen molar-refractivity contribution in [1.82, 2.24) is 9.47 Å². The van der Waals surface area contributed by atoms with Crippen LogP contribution in [0.2, 0.25) is 0 Å². The van der Waals surface area contributed by atoms with Crippen LogP contribution in [0.4, 0.5) is 0 Å². The zero-order valence-corrected chi connectivity index (χ0v) is 13.2. The summed E-state index contributed by atoms with van der Waals surface area (Å²) in [4.78, 5) is 14.8. The second kappa shape index (κ2) is 5.50. The quantitative estimate of drug-likeness (QED) is 0.782. The molecule has 3 rings (SSSR count). The van der Waals surface area contributed by atoms with Crippen LogP contribution < -0.4 is 0 Å². The first-order valence-electron chi connectivity index (χ1n) is 6.49. The largest absolute Gasteiger partial charge is 0.380 e. The van der Waals surface area contributed by atoms with E-state index in [1.54, 1.807) is 0 Å². The number of halogens is 1. The molecular formula is C13H17BrN2O2S. The zero-order valence-electron chi connectivity index (χ0n) is 10.8. The van der Waals surface area contributed by atoms with Gasteiger partial charge in [0, 0.05) is 47.9 Å². The number of nitrogens with zero attached hydrogens (tertiary/aromatic N) is 2. The van der Waals surface area contributed by atoms with Crippen molar-refractivity contribution in [2.24, 2.45) is 7.05 Å². The smallest absolute Gasteiger partial charge is 0.270 e. The Balaban J connectivity index is 1.83. The number of rotatable bonds is 1. The molecule has 3 heterocycles. The van der Waals surface area contributed by atoms with Crippen LogP contribution in [0.3, 0.4) is 0 Å². The molecule has 2 aliphatic rings. The fraction of sp³-hybridized carbons (Fsp3) is 0.615. The normalized spacial score (nSPS) is 27.2. The van der Waals surface area contributed by atoms with Crippen molar-refractivity contribution in [1.29, 1.82) is 0 Å². The summed E-state index contributed by atoms with van der Waals surface area (Å²) >= 11 is 5.37. The number of carbonyl (C=O) groups is 1. The van der Waals surface area contributed by atoms with Gasteiger partial charge in [0.2, 0.25) is 0 Å². The first-order valence-corrected chi connectivity index (χ1v) is 8.33. The molecule has 1 aromatic rings. The summed E-state index contributed by atoms with van der Waals surface area (Å²) < 4.78 is 8.37. The van der Waals surface area contributed by atoms with Crippen LogP contribution in [0, 0.1) is 0 Å². The molecule has 2 aliphatic heterocycles. The molecule has 0 saturated carbocycles. The van der Waals surface area contributed by atoms with Gasteiger partial charge in [0.15, 0.2) is 0 Å². The number of amides is 1. The highest BCUT2D eigenvalue weighted by atomic mass is 79.9. The Hall–Kier alpha value is -0.460. The van der Waals surface area contributed by atoms with Crippen molar-refractivity contribution in [3.63, 3.8) is 0 Å². The van der Waals surface area contributed by atoms with Crippen LogP contribution in [0.5, 0.6) is 0 Å². The van der Waals surface area contributed by atoms with Crippen molar-refractivity contribution >= 4 is 33.6 Å². The minimum atomic E-state index is 0.144. The molecule has 104 valence electrons. The molecule has 0 aliphatic carbocycles. The van der Waals surface area contributed by atoms with E-state index >= 15 is 0 Å². The molecule has 6 heteroatoms. The summed E-state index contributed by atoms with van der Waals surface area (Å²) in [5, 5.41) is 0.440. The maximum atomic E-state index is 12.7. The lowest BCUT2D eigenvalue weighted by Gasteiger charge is -2.43. The van der Waals surface area contributed by atoms with E-state index in [2.05, 4.69) is 15.9 Å². The van der Waals surface area contributed by atoms with Gasteiger partial charge in [0.05, 0.1) is 6.61 Å². The van der Waals surface area contributed by atoms with Gasteiger partial charge >= 0.3 is 0 Å². The van der Waals surface area contributed by atoms with Crippen LogP contribution >= 0.6 is 27.7 Å². The average Bonchev–Trinajstić information content (AvgIpc) is 2.76. The number of fused-ring (bicyclic) bond motifs is 1. The van der Waals surface area contributed by atoms with Crippen LogP contribution in [0.15, 0.2) is 16.7 Å². The molecule has 2 saturated heterocycles. The van der Waals surface area contributed by atoms with Gasteiger partial charge in [-0.15, -0.1) is 0 Å². The number of carbonyl (C=O) groups excluding carboxylic acids is 1. The minimum absolute atomic E-state index is 0.144. The van der Waals surface area contributed by atoms with E-state index in [9.17, 15) is 4.79 Å². The number of ether oxygens (including phenoxy) is 1. The van der Waals surface area contributed by atoms with Gasteiger partial charge in [-0.3, -0.25) is 4.79 Å². The molecule has 4 nitrogen and oxygen atoms in total. The van der Waals surface area contributed by atoms with Gasteiger partial charge in [0.1, 0.15) is 5.69 Å². The van der Waals surface area contributed by atoms with Gasteiger partial charge in [-0.1, -0.05) is 0 Å². The summed E-state index contributed by atoms with van der Waals surface area (Å²) in [6, 6.07) is 2.23. The van der Waals surface area contributed by atoms with E-state index in [0.717, 1.165) is 42.1 Å². The van der Waals surface area contributed by atoms with E-state index in [0.29, 0.717) is 11.3 Å². The standard InChI is InChI=1S/C13H17BrN2O2S/c1-15-7-9(14)6-11(15)13(17)16-3-5-19-12-8-18-4-2-10(12)16/h6-7,10,12H,2-5,8H2,1H3/t10-,12-/m1/s1. The lowest BCUT2D eigenvalue weighted by Crippen LogP contribution is -2.54. The Bertz CT molecular complexity index is 489. The highest BCUT2D eigenvalue weighted by molar-refractivity contribution is 9.10. The lowest BCUT2D eigenvalue weighted by molar-refractivity contribution is 0.0313. The van der Waals surface area contributed by atoms with E-state index in [1.807, 2.05) is 40.5 Å². The second-order valence-electron chi connectivity index (χ2n) is 4.99.